The molecule has 0 atom stereocenters. The lowest BCUT2D eigenvalue weighted by molar-refractivity contribution is 0.277. The molecular weight excluding hydrogens is 260 g/mol. The zero-order valence-corrected chi connectivity index (χ0v) is 15.3. The van der Waals surface area contributed by atoms with Gasteiger partial charge in [-0.05, 0) is 49.9 Å². The van der Waals surface area contributed by atoms with Crippen molar-refractivity contribution in [2.24, 2.45) is 5.92 Å². The molecule has 118 valence electrons. The predicted octanol–water partition coefficient (Wildman–Crippen LogP) is 6.66. The van der Waals surface area contributed by atoms with Gasteiger partial charge in [-0.2, -0.15) is 0 Å². The molecule has 0 saturated heterocycles. The average Bonchev–Trinajstić information content (AvgIpc) is 2.52. The van der Waals surface area contributed by atoms with Crippen LogP contribution < -0.4 is 0 Å². The third-order valence-corrected chi connectivity index (χ3v) is 9.71. The Bertz CT molecular complexity index is 267. The lowest BCUT2D eigenvalue weighted by Gasteiger charge is -2.35. The fourth-order valence-corrected chi connectivity index (χ4v) is 6.03. The molecule has 0 unspecified atom stereocenters. The van der Waals surface area contributed by atoms with Crippen molar-refractivity contribution in [1.29, 1.82) is 0 Å². The van der Waals surface area contributed by atoms with Crippen LogP contribution in [0.3, 0.4) is 0 Å². The first-order valence-electron chi connectivity index (χ1n) is 9.10. The molecule has 0 radical (unpaired) electrons. The Kier molecular flexibility index (Phi) is 8.59. The van der Waals surface area contributed by atoms with Gasteiger partial charge in [0.25, 0.3) is 0 Å². The summed E-state index contributed by atoms with van der Waals surface area (Å²) in [5, 5.41) is 0. The summed E-state index contributed by atoms with van der Waals surface area (Å²) in [6.45, 7) is 9.29. The standard InChI is InChI=1S/C18H36OSi/c1-5-9-11-16-18(17-14-12-10-13-15-17)19-20(6-2,7-3)8-4/h16-17H,5-15H2,1-4H3/b18-16-. The van der Waals surface area contributed by atoms with Crippen LogP contribution >= 0.6 is 0 Å². The Morgan fingerprint density at radius 2 is 1.60 bits per heavy atom. The van der Waals surface area contributed by atoms with Crippen LogP contribution in [0.25, 0.3) is 0 Å². The van der Waals surface area contributed by atoms with Crippen molar-refractivity contribution in [3.8, 4) is 0 Å². The van der Waals surface area contributed by atoms with Crippen molar-refractivity contribution in [3.05, 3.63) is 11.8 Å². The third kappa shape index (κ3) is 5.27. The van der Waals surface area contributed by atoms with Gasteiger partial charge in [0.2, 0.25) is 8.32 Å². The maximum Gasteiger partial charge on any atom is 0.250 e. The number of unbranched alkanes of at least 4 members (excludes halogenated alkanes) is 2. The van der Waals surface area contributed by atoms with E-state index in [1.807, 2.05) is 0 Å². The maximum atomic E-state index is 6.77. The van der Waals surface area contributed by atoms with Crippen LogP contribution in [0.5, 0.6) is 0 Å². The summed E-state index contributed by atoms with van der Waals surface area (Å²) in [6.07, 6.45) is 13.2. The molecule has 1 aliphatic carbocycles. The van der Waals surface area contributed by atoms with Gasteiger partial charge in [0.1, 0.15) is 0 Å². The molecule has 0 aliphatic heterocycles. The highest BCUT2D eigenvalue weighted by Crippen LogP contribution is 2.35. The SMILES string of the molecule is CCCC/C=C(\O[Si](CC)(CC)CC)C1CCCCC1. The Morgan fingerprint density at radius 1 is 1.00 bits per heavy atom. The summed E-state index contributed by atoms with van der Waals surface area (Å²) in [7, 11) is -1.49. The second-order valence-electron chi connectivity index (χ2n) is 6.43. The van der Waals surface area contributed by atoms with E-state index in [1.165, 1.54) is 75.3 Å². The number of hydrogen-bond donors (Lipinski definition) is 0. The molecule has 20 heavy (non-hydrogen) atoms. The topological polar surface area (TPSA) is 9.23 Å². The quantitative estimate of drug-likeness (QED) is 0.262. The summed E-state index contributed by atoms with van der Waals surface area (Å²) in [5.41, 5.74) is 0. The van der Waals surface area contributed by atoms with E-state index in [0.29, 0.717) is 0 Å². The Balaban J connectivity index is 2.77. The molecule has 1 saturated carbocycles. The van der Waals surface area contributed by atoms with E-state index in [0.717, 1.165) is 5.92 Å². The summed E-state index contributed by atoms with van der Waals surface area (Å²) < 4.78 is 6.77. The van der Waals surface area contributed by atoms with Crippen molar-refractivity contribution in [1.82, 2.24) is 0 Å². The van der Waals surface area contributed by atoms with Crippen LogP contribution in [0.1, 0.15) is 79.1 Å². The molecule has 0 aromatic heterocycles. The molecule has 0 spiro atoms. The van der Waals surface area contributed by atoms with Gasteiger partial charge >= 0.3 is 0 Å². The molecule has 1 nitrogen and oxygen atoms in total. The highest BCUT2D eigenvalue weighted by Gasteiger charge is 2.33. The average molecular weight is 297 g/mol. The van der Waals surface area contributed by atoms with Crippen LogP contribution in [0.15, 0.2) is 11.8 Å². The van der Waals surface area contributed by atoms with E-state index in [2.05, 4.69) is 33.8 Å². The van der Waals surface area contributed by atoms with Gasteiger partial charge in [0.15, 0.2) is 0 Å². The fraction of sp³-hybridized carbons (Fsp3) is 0.889. The Labute approximate surface area is 128 Å². The van der Waals surface area contributed by atoms with E-state index in [9.17, 15) is 0 Å². The van der Waals surface area contributed by atoms with Crippen molar-refractivity contribution >= 4 is 8.32 Å². The van der Waals surface area contributed by atoms with Gasteiger partial charge in [-0.25, -0.2) is 0 Å². The molecule has 0 aromatic carbocycles. The van der Waals surface area contributed by atoms with Crippen molar-refractivity contribution in [2.75, 3.05) is 0 Å². The first-order valence-corrected chi connectivity index (χ1v) is 11.6. The number of rotatable bonds is 9. The third-order valence-electron chi connectivity index (χ3n) is 5.18. The van der Waals surface area contributed by atoms with Gasteiger partial charge in [-0.1, -0.05) is 53.4 Å². The van der Waals surface area contributed by atoms with Crippen molar-refractivity contribution in [3.63, 3.8) is 0 Å². The van der Waals surface area contributed by atoms with Gasteiger partial charge < -0.3 is 4.43 Å². The summed E-state index contributed by atoms with van der Waals surface area (Å²) in [4.78, 5) is 0. The lowest BCUT2D eigenvalue weighted by Crippen LogP contribution is -2.36. The molecule has 1 fully saturated rings. The lowest BCUT2D eigenvalue weighted by atomic mass is 9.87. The molecule has 0 bridgehead atoms. The van der Waals surface area contributed by atoms with Crippen molar-refractivity contribution in [2.45, 2.75) is 97.2 Å². The van der Waals surface area contributed by atoms with Gasteiger partial charge in [0.05, 0.1) is 5.76 Å². The highest BCUT2D eigenvalue weighted by atomic mass is 28.4. The van der Waals surface area contributed by atoms with Crippen LogP contribution in [0.4, 0.5) is 0 Å². The van der Waals surface area contributed by atoms with Gasteiger partial charge in [-0.3, -0.25) is 0 Å². The monoisotopic (exact) mass is 296 g/mol. The number of allylic oxidation sites excluding steroid dienone is 2. The van der Waals surface area contributed by atoms with E-state index in [-0.39, 0.29) is 0 Å². The summed E-state index contributed by atoms with van der Waals surface area (Å²) in [6, 6.07) is 3.79. The van der Waals surface area contributed by atoms with Crippen molar-refractivity contribution < 1.29 is 4.43 Å². The largest absolute Gasteiger partial charge is 0.547 e. The van der Waals surface area contributed by atoms with E-state index >= 15 is 0 Å². The minimum Gasteiger partial charge on any atom is -0.547 e. The zero-order valence-electron chi connectivity index (χ0n) is 14.3. The smallest absolute Gasteiger partial charge is 0.250 e. The molecule has 0 amide bonds. The minimum absolute atomic E-state index is 0.733. The number of hydrogen-bond acceptors (Lipinski definition) is 1. The second-order valence-corrected chi connectivity index (χ2v) is 11.1. The summed E-state index contributed by atoms with van der Waals surface area (Å²) in [5.74, 6) is 2.13. The van der Waals surface area contributed by atoms with Crippen LogP contribution in [-0.4, -0.2) is 8.32 Å². The zero-order chi connectivity index (χ0) is 14.8. The molecule has 0 aromatic rings. The molecular formula is C18H36OSi. The van der Waals surface area contributed by atoms with Crippen LogP contribution in [0.2, 0.25) is 18.1 Å². The second kappa shape index (κ2) is 9.65. The Hall–Kier alpha value is -0.243. The molecule has 1 rings (SSSR count). The van der Waals surface area contributed by atoms with E-state index < -0.39 is 8.32 Å². The minimum atomic E-state index is -1.49. The van der Waals surface area contributed by atoms with Crippen LogP contribution in [-0.2, 0) is 4.43 Å². The predicted molar refractivity (Wildman–Crippen MR) is 92.5 cm³/mol. The van der Waals surface area contributed by atoms with Gasteiger partial charge in [0, 0.05) is 5.92 Å². The molecule has 0 heterocycles. The summed E-state index contributed by atoms with van der Waals surface area (Å²) >= 11 is 0. The molecule has 1 aliphatic rings. The van der Waals surface area contributed by atoms with E-state index in [1.54, 1.807) is 0 Å². The fourth-order valence-electron chi connectivity index (χ4n) is 3.34. The van der Waals surface area contributed by atoms with E-state index in [4.69, 9.17) is 4.43 Å². The first-order chi connectivity index (χ1) is 9.71. The first kappa shape index (κ1) is 17.8. The molecule has 0 N–H and O–H groups in total. The maximum absolute atomic E-state index is 6.77. The normalized spacial score (nSPS) is 18.3. The highest BCUT2D eigenvalue weighted by molar-refractivity contribution is 6.73. The van der Waals surface area contributed by atoms with Crippen LogP contribution in [0, 0.1) is 5.92 Å². The molecule has 2 heteroatoms. The van der Waals surface area contributed by atoms with Gasteiger partial charge in [-0.15, -0.1) is 0 Å². The Morgan fingerprint density at radius 3 is 2.10 bits per heavy atom.